The van der Waals surface area contributed by atoms with Crippen molar-refractivity contribution in [2.75, 3.05) is 0 Å². The number of pyridine rings is 6. The van der Waals surface area contributed by atoms with Crippen molar-refractivity contribution in [3.63, 3.8) is 0 Å². The summed E-state index contributed by atoms with van der Waals surface area (Å²) in [6.45, 7) is 2.10. The molecule has 12 nitrogen and oxygen atoms in total. The molecule has 9 aromatic carbocycles. The number of hydrogen-bond acceptors (Lipinski definition) is 12. The predicted octanol–water partition coefficient (Wildman–Crippen LogP) is 23.0. The highest BCUT2D eigenvalue weighted by Crippen LogP contribution is 2.40. The molecule has 0 N–H and O–H groups in total. The Balaban J connectivity index is 0.000000160. The van der Waals surface area contributed by atoms with Crippen LogP contribution >= 0.6 is 31.9 Å². The van der Waals surface area contributed by atoms with E-state index in [0.717, 1.165) is 132 Å². The minimum Gasteiger partial charge on any atom is -0.256 e. The normalized spacial score (nSPS) is 10.8. The van der Waals surface area contributed by atoms with E-state index in [4.69, 9.17) is 49.8 Å². The molecule has 8 heterocycles. The van der Waals surface area contributed by atoms with Gasteiger partial charge in [0.05, 0.1) is 34.2 Å². The van der Waals surface area contributed by atoms with Crippen LogP contribution in [-0.2, 0) is 0 Å². The zero-order chi connectivity index (χ0) is 71.1. The third-order valence-electron chi connectivity index (χ3n) is 17.1. The summed E-state index contributed by atoms with van der Waals surface area (Å²) in [4.78, 5) is 57.2. The van der Waals surface area contributed by atoms with Gasteiger partial charge >= 0.3 is 0 Å². The van der Waals surface area contributed by atoms with Crippen molar-refractivity contribution < 1.29 is 0 Å². The van der Waals surface area contributed by atoms with E-state index in [2.05, 4.69) is 122 Å². The summed E-state index contributed by atoms with van der Waals surface area (Å²) < 4.78 is 1.93. The maximum atomic E-state index is 5.17. The largest absolute Gasteiger partial charge is 0.256 e. The summed E-state index contributed by atoms with van der Waals surface area (Å²) in [7, 11) is 0. The molecule has 0 aliphatic heterocycles. The van der Waals surface area contributed by atoms with Gasteiger partial charge in [-0.3, -0.25) is 29.9 Å². The Morgan fingerprint density at radius 3 is 0.600 bits per heavy atom. The Hall–Kier alpha value is -13.1. The van der Waals surface area contributed by atoms with Gasteiger partial charge in [0.15, 0.2) is 34.9 Å². The van der Waals surface area contributed by atoms with Gasteiger partial charge in [-0.1, -0.05) is 190 Å². The number of halogens is 2. The maximum Gasteiger partial charge on any atom is 0.164 e. The molecule has 8 aromatic heterocycles. The topological polar surface area (TPSA) is 155 Å². The fraction of sp³-hybridized carbons (Fsp3) is 0.0110. The number of nitrogens with zero attached hydrogens (tertiary/aromatic N) is 12. The molecule has 0 spiro atoms. The molecular weight excluding hydrogens is 1420 g/mol. The van der Waals surface area contributed by atoms with E-state index in [1.165, 1.54) is 5.56 Å². The van der Waals surface area contributed by atoms with Crippen LogP contribution < -0.4 is 0 Å². The second kappa shape index (κ2) is 32.2. The molecule has 0 aliphatic rings. The lowest BCUT2D eigenvalue weighted by Gasteiger charge is -2.15. The van der Waals surface area contributed by atoms with Crippen LogP contribution in [0.15, 0.2) is 368 Å². The Labute approximate surface area is 625 Å². The van der Waals surface area contributed by atoms with Crippen molar-refractivity contribution in [1.82, 2.24) is 59.8 Å². The van der Waals surface area contributed by atoms with E-state index in [1.54, 1.807) is 0 Å². The molecule has 105 heavy (non-hydrogen) atoms. The zero-order valence-electron chi connectivity index (χ0n) is 56.7. The summed E-state index contributed by atoms with van der Waals surface area (Å²) in [5, 5.41) is 0. The van der Waals surface area contributed by atoms with Crippen LogP contribution in [0.3, 0.4) is 0 Å². The summed E-state index contributed by atoms with van der Waals surface area (Å²) >= 11 is 7.07. The first-order chi connectivity index (χ1) is 51.7. The molecule has 500 valence electrons. The first kappa shape index (κ1) is 67.7. The summed E-state index contributed by atoms with van der Waals surface area (Å²) in [6, 6.07) is 108. The molecule has 0 atom stereocenters. The molecule has 0 saturated carbocycles. The highest BCUT2D eigenvalue weighted by atomic mass is 79.9. The number of aryl methyl sites for hydroxylation is 1. The standard InChI is InChI=1S/C53H35N7.C21H13Br2N3.C17H14N2/c1-3-15-36(16-4-1)51-58-52(37-17-5-2-6-18-37)60-53(59-51)46-32-38(40-28-42(47-19-7-11-23-54-47)34-43(29-40)48-20-8-12-24-55-48)27-39(33-46)41-30-44(49-21-9-13-25-56-49)35-45(31-41)50-22-10-14-26-57-50;22-17-11-16(12-18(23)13-17)21-25-19(14-7-3-1-4-8-14)24-20(26-21)15-9-5-2-6-10-15;1-13-10-14(16-6-2-4-8-18-16)12-15(11-13)17-7-3-5-9-19-17/h1-35H;1-13H;2-12H,1H3. The van der Waals surface area contributed by atoms with Crippen molar-refractivity contribution in [1.29, 1.82) is 0 Å². The number of benzene rings is 9. The van der Waals surface area contributed by atoms with E-state index in [9.17, 15) is 0 Å². The molecule has 0 bridgehead atoms. The van der Waals surface area contributed by atoms with E-state index >= 15 is 0 Å². The summed E-state index contributed by atoms with van der Waals surface area (Å²) in [5.41, 5.74) is 22.3. The van der Waals surface area contributed by atoms with Crippen LogP contribution in [0.1, 0.15) is 5.56 Å². The highest BCUT2D eigenvalue weighted by molar-refractivity contribution is 9.11. The second-order valence-corrected chi connectivity index (χ2v) is 26.3. The molecule has 0 fully saturated rings. The Bertz CT molecular complexity index is 5130. The third kappa shape index (κ3) is 16.8. The Morgan fingerprint density at radius 2 is 0.362 bits per heavy atom. The van der Waals surface area contributed by atoms with Crippen molar-refractivity contribution >= 4 is 31.9 Å². The lowest BCUT2D eigenvalue weighted by Crippen LogP contribution is -2.00. The molecule has 0 amide bonds. The van der Waals surface area contributed by atoms with Crippen molar-refractivity contribution in [3.05, 3.63) is 373 Å². The number of rotatable bonds is 14. The number of hydrogen-bond donors (Lipinski definition) is 0. The van der Waals surface area contributed by atoms with Crippen LogP contribution in [0.2, 0.25) is 0 Å². The minimum atomic E-state index is 0.558. The van der Waals surface area contributed by atoms with Gasteiger partial charge in [0, 0.05) is 113 Å². The third-order valence-corrected chi connectivity index (χ3v) is 18.0. The first-order valence-electron chi connectivity index (χ1n) is 34.0. The van der Waals surface area contributed by atoms with Gasteiger partial charge in [-0.2, -0.15) is 0 Å². The molecule has 17 rings (SSSR count). The monoisotopic (exact) mass is 1480 g/mol. The van der Waals surface area contributed by atoms with Crippen LogP contribution in [0.25, 0.3) is 158 Å². The van der Waals surface area contributed by atoms with Gasteiger partial charge < -0.3 is 0 Å². The Kier molecular flexibility index (Phi) is 20.8. The van der Waals surface area contributed by atoms with E-state index in [1.807, 2.05) is 286 Å². The summed E-state index contributed by atoms with van der Waals surface area (Å²) in [5.74, 6) is 3.70. The molecule has 0 aliphatic carbocycles. The zero-order valence-corrected chi connectivity index (χ0v) is 59.9. The predicted molar refractivity (Wildman–Crippen MR) is 429 cm³/mol. The van der Waals surface area contributed by atoms with Crippen LogP contribution in [0, 0.1) is 6.92 Å². The maximum absolute atomic E-state index is 5.17. The van der Waals surface area contributed by atoms with Gasteiger partial charge in [0.2, 0.25) is 0 Å². The van der Waals surface area contributed by atoms with Gasteiger partial charge in [-0.15, -0.1) is 0 Å². The van der Waals surface area contributed by atoms with Crippen molar-refractivity contribution in [2.45, 2.75) is 6.92 Å². The molecule has 0 unspecified atom stereocenters. The van der Waals surface area contributed by atoms with E-state index in [-0.39, 0.29) is 0 Å². The molecule has 14 heteroatoms. The summed E-state index contributed by atoms with van der Waals surface area (Å²) in [6.07, 6.45) is 10.9. The SMILES string of the molecule is Brc1cc(Br)cc(-c2nc(-c3ccccc3)nc(-c3ccccc3)n2)c1.Cc1cc(-c2ccccn2)cc(-c2ccccn2)c1.c1ccc(-c2nc(-c3ccccc3)nc(-c3cc(-c4cc(-c5ccccn5)cc(-c5ccccn5)c4)cc(-c4cc(-c5ccccn5)cc(-c5ccccn5)c4)c3)n2)cc1. The minimum absolute atomic E-state index is 0.558. The van der Waals surface area contributed by atoms with Gasteiger partial charge in [0.1, 0.15) is 0 Å². The van der Waals surface area contributed by atoms with Gasteiger partial charge in [0.25, 0.3) is 0 Å². The first-order valence-corrected chi connectivity index (χ1v) is 35.6. The van der Waals surface area contributed by atoms with Crippen LogP contribution in [0.4, 0.5) is 0 Å². The van der Waals surface area contributed by atoms with Crippen LogP contribution in [0.5, 0.6) is 0 Å². The lowest BCUT2D eigenvalue weighted by molar-refractivity contribution is 1.07. The lowest BCUT2D eigenvalue weighted by atomic mass is 9.91. The van der Waals surface area contributed by atoms with Crippen LogP contribution in [-0.4, -0.2) is 59.8 Å². The fourth-order valence-corrected chi connectivity index (χ4v) is 13.4. The molecular formula is C91H62Br2N12. The quantitative estimate of drug-likeness (QED) is 0.102. The van der Waals surface area contributed by atoms with E-state index in [0.29, 0.717) is 34.9 Å². The molecule has 17 aromatic rings. The molecule has 0 radical (unpaired) electrons. The fourth-order valence-electron chi connectivity index (χ4n) is 12.1. The average molecular weight is 1480 g/mol. The highest BCUT2D eigenvalue weighted by Gasteiger charge is 2.19. The second-order valence-electron chi connectivity index (χ2n) is 24.5. The van der Waals surface area contributed by atoms with Crippen molar-refractivity contribution in [3.8, 4) is 158 Å². The van der Waals surface area contributed by atoms with Crippen molar-refractivity contribution in [2.24, 2.45) is 0 Å². The van der Waals surface area contributed by atoms with E-state index < -0.39 is 0 Å². The Morgan fingerprint density at radius 1 is 0.171 bits per heavy atom. The van der Waals surface area contributed by atoms with Gasteiger partial charge in [-0.25, -0.2) is 29.9 Å². The smallest absolute Gasteiger partial charge is 0.164 e. The average Bonchev–Trinajstić information content (AvgIpc) is 0.768. The molecule has 0 saturated heterocycles. The van der Waals surface area contributed by atoms with Gasteiger partial charge in [-0.05, 0) is 199 Å². The number of aromatic nitrogens is 12.